The Hall–Kier alpha value is -1.02. The van der Waals surface area contributed by atoms with E-state index in [1.54, 1.807) is 0 Å². The molecule has 1 fully saturated rings. The fourth-order valence-electron chi connectivity index (χ4n) is 1.88. The summed E-state index contributed by atoms with van der Waals surface area (Å²) in [6.07, 6.45) is 5.04. The third-order valence-electron chi connectivity index (χ3n) is 2.91. The van der Waals surface area contributed by atoms with Crippen molar-refractivity contribution in [2.45, 2.75) is 38.6 Å². The average molecular weight is 219 g/mol. The van der Waals surface area contributed by atoms with Gasteiger partial charge in [0, 0.05) is 6.04 Å². The molecule has 2 nitrogen and oxygen atoms in total. The van der Waals surface area contributed by atoms with Gasteiger partial charge in [0.05, 0.1) is 6.61 Å². The standard InChI is InChI=1S/C14H21NO/c1-2-16-14-8-4-3-6-12(14)7-5-11-15-13-9-10-13/h3-4,6,8,13,15H,2,5,7,9-11H2,1H3. The molecule has 1 aromatic carbocycles. The highest BCUT2D eigenvalue weighted by molar-refractivity contribution is 5.33. The summed E-state index contributed by atoms with van der Waals surface area (Å²) in [5.74, 6) is 1.05. The average Bonchev–Trinajstić information content (AvgIpc) is 3.11. The van der Waals surface area contributed by atoms with Crippen molar-refractivity contribution in [3.63, 3.8) is 0 Å². The van der Waals surface area contributed by atoms with E-state index in [1.807, 2.05) is 13.0 Å². The molecule has 1 aromatic rings. The van der Waals surface area contributed by atoms with Gasteiger partial charge in [0.2, 0.25) is 0 Å². The molecule has 1 aliphatic carbocycles. The Balaban J connectivity index is 1.77. The summed E-state index contributed by atoms with van der Waals surface area (Å²) in [5.41, 5.74) is 1.34. The van der Waals surface area contributed by atoms with Crippen molar-refractivity contribution >= 4 is 0 Å². The third kappa shape index (κ3) is 3.53. The molecule has 0 heterocycles. The first-order valence-electron chi connectivity index (χ1n) is 6.34. The zero-order valence-corrected chi connectivity index (χ0v) is 10.0. The van der Waals surface area contributed by atoms with Crippen LogP contribution in [0.3, 0.4) is 0 Å². The fourth-order valence-corrected chi connectivity index (χ4v) is 1.88. The van der Waals surface area contributed by atoms with Crippen LogP contribution < -0.4 is 10.1 Å². The van der Waals surface area contributed by atoms with Gasteiger partial charge in [-0.25, -0.2) is 0 Å². The van der Waals surface area contributed by atoms with E-state index >= 15 is 0 Å². The van der Waals surface area contributed by atoms with E-state index < -0.39 is 0 Å². The molecule has 2 heteroatoms. The molecule has 0 atom stereocenters. The first kappa shape index (κ1) is 11.5. The van der Waals surface area contributed by atoms with Crippen LogP contribution in [0.1, 0.15) is 31.7 Å². The second-order valence-corrected chi connectivity index (χ2v) is 4.37. The van der Waals surface area contributed by atoms with Gasteiger partial charge in [-0.2, -0.15) is 0 Å². The second-order valence-electron chi connectivity index (χ2n) is 4.37. The number of ether oxygens (including phenoxy) is 1. The first-order valence-corrected chi connectivity index (χ1v) is 6.34. The van der Waals surface area contributed by atoms with Crippen molar-refractivity contribution in [3.8, 4) is 5.75 Å². The van der Waals surface area contributed by atoms with Crippen LogP contribution in [0.4, 0.5) is 0 Å². The van der Waals surface area contributed by atoms with Crippen molar-refractivity contribution in [1.29, 1.82) is 0 Å². The molecule has 2 rings (SSSR count). The molecule has 0 amide bonds. The van der Waals surface area contributed by atoms with Gasteiger partial charge < -0.3 is 10.1 Å². The Bertz CT molecular complexity index is 320. The Morgan fingerprint density at radius 3 is 2.88 bits per heavy atom. The van der Waals surface area contributed by atoms with Crippen molar-refractivity contribution in [2.24, 2.45) is 0 Å². The number of para-hydroxylation sites is 1. The molecule has 0 bridgehead atoms. The Labute approximate surface area is 98.0 Å². The Morgan fingerprint density at radius 2 is 2.12 bits per heavy atom. The van der Waals surface area contributed by atoms with Gasteiger partial charge in [-0.3, -0.25) is 0 Å². The molecule has 1 aliphatic rings. The summed E-state index contributed by atoms with van der Waals surface area (Å²) in [4.78, 5) is 0. The smallest absolute Gasteiger partial charge is 0.122 e. The molecule has 1 saturated carbocycles. The minimum absolute atomic E-state index is 0.747. The van der Waals surface area contributed by atoms with Gasteiger partial charge >= 0.3 is 0 Å². The Kier molecular flexibility index (Phi) is 4.23. The molecule has 0 radical (unpaired) electrons. The van der Waals surface area contributed by atoms with E-state index in [0.29, 0.717) is 0 Å². The van der Waals surface area contributed by atoms with Crippen LogP contribution >= 0.6 is 0 Å². The summed E-state index contributed by atoms with van der Waals surface area (Å²) in [7, 11) is 0. The van der Waals surface area contributed by atoms with Gasteiger partial charge in [-0.1, -0.05) is 18.2 Å². The van der Waals surface area contributed by atoms with Crippen LogP contribution in [0.2, 0.25) is 0 Å². The third-order valence-corrected chi connectivity index (χ3v) is 2.91. The highest BCUT2D eigenvalue weighted by Crippen LogP contribution is 2.20. The zero-order chi connectivity index (χ0) is 11.2. The van der Waals surface area contributed by atoms with E-state index in [0.717, 1.165) is 31.4 Å². The first-order chi connectivity index (χ1) is 7.90. The lowest BCUT2D eigenvalue weighted by Crippen LogP contribution is -2.17. The van der Waals surface area contributed by atoms with Crippen LogP contribution in [0.15, 0.2) is 24.3 Å². The molecule has 0 saturated heterocycles. The number of hydrogen-bond donors (Lipinski definition) is 1. The Morgan fingerprint density at radius 1 is 1.31 bits per heavy atom. The summed E-state index contributed by atoms with van der Waals surface area (Å²) in [5, 5.41) is 3.54. The summed E-state index contributed by atoms with van der Waals surface area (Å²) in [6.45, 7) is 3.91. The monoisotopic (exact) mass is 219 g/mol. The highest BCUT2D eigenvalue weighted by atomic mass is 16.5. The predicted octanol–water partition coefficient (Wildman–Crippen LogP) is 2.77. The molecular formula is C14H21NO. The lowest BCUT2D eigenvalue weighted by molar-refractivity contribution is 0.336. The summed E-state index contributed by atoms with van der Waals surface area (Å²) in [6, 6.07) is 9.18. The zero-order valence-electron chi connectivity index (χ0n) is 10.0. The number of nitrogens with one attached hydrogen (secondary N) is 1. The van der Waals surface area contributed by atoms with Crippen molar-refractivity contribution < 1.29 is 4.74 Å². The van der Waals surface area contributed by atoms with Crippen LogP contribution in [-0.2, 0) is 6.42 Å². The summed E-state index contributed by atoms with van der Waals surface area (Å²) < 4.78 is 5.61. The van der Waals surface area contributed by atoms with E-state index in [1.165, 1.54) is 24.8 Å². The molecule has 16 heavy (non-hydrogen) atoms. The topological polar surface area (TPSA) is 21.3 Å². The van der Waals surface area contributed by atoms with Crippen LogP contribution in [0, 0.1) is 0 Å². The number of hydrogen-bond acceptors (Lipinski definition) is 2. The van der Waals surface area contributed by atoms with Gasteiger partial charge in [-0.05, 0) is 50.8 Å². The number of rotatable bonds is 7. The lowest BCUT2D eigenvalue weighted by atomic mass is 10.1. The molecule has 0 aromatic heterocycles. The second kappa shape index (κ2) is 5.90. The van der Waals surface area contributed by atoms with E-state index in [9.17, 15) is 0 Å². The van der Waals surface area contributed by atoms with Gasteiger partial charge in [-0.15, -0.1) is 0 Å². The fraction of sp³-hybridized carbons (Fsp3) is 0.571. The van der Waals surface area contributed by atoms with Gasteiger partial charge in [0.1, 0.15) is 5.75 Å². The van der Waals surface area contributed by atoms with Gasteiger partial charge in [0.25, 0.3) is 0 Å². The maximum atomic E-state index is 5.61. The summed E-state index contributed by atoms with van der Waals surface area (Å²) >= 11 is 0. The minimum atomic E-state index is 0.747. The SMILES string of the molecule is CCOc1ccccc1CCCNC1CC1. The molecule has 88 valence electrons. The lowest BCUT2D eigenvalue weighted by Gasteiger charge is -2.09. The van der Waals surface area contributed by atoms with Crippen molar-refractivity contribution in [3.05, 3.63) is 29.8 Å². The normalized spacial score (nSPS) is 15.1. The van der Waals surface area contributed by atoms with E-state index in [4.69, 9.17) is 4.74 Å². The predicted molar refractivity (Wildman–Crippen MR) is 67.0 cm³/mol. The molecular weight excluding hydrogens is 198 g/mol. The largest absolute Gasteiger partial charge is 0.494 e. The number of benzene rings is 1. The molecule has 0 aliphatic heterocycles. The van der Waals surface area contributed by atoms with Crippen LogP contribution in [0.25, 0.3) is 0 Å². The molecule has 0 unspecified atom stereocenters. The molecule has 1 N–H and O–H groups in total. The van der Waals surface area contributed by atoms with E-state index in [2.05, 4.69) is 23.5 Å². The minimum Gasteiger partial charge on any atom is -0.494 e. The molecule has 0 spiro atoms. The van der Waals surface area contributed by atoms with Crippen molar-refractivity contribution in [2.75, 3.05) is 13.2 Å². The van der Waals surface area contributed by atoms with E-state index in [-0.39, 0.29) is 0 Å². The maximum Gasteiger partial charge on any atom is 0.122 e. The quantitative estimate of drug-likeness (QED) is 0.712. The van der Waals surface area contributed by atoms with Crippen LogP contribution in [0.5, 0.6) is 5.75 Å². The van der Waals surface area contributed by atoms with Crippen LogP contribution in [-0.4, -0.2) is 19.2 Å². The maximum absolute atomic E-state index is 5.61. The van der Waals surface area contributed by atoms with Gasteiger partial charge in [0.15, 0.2) is 0 Å². The highest BCUT2D eigenvalue weighted by Gasteiger charge is 2.19. The number of aryl methyl sites for hydroxylation is 1. The van der Waals surface area contributed by atoms with Crippen molar-refractivity contribution in [1.82, 2.24) is 5.32 Å².